The highest BCUT2D eigenvalue weighted by atomic mass is 16.5. The molecule has 33 heavy (non-hydrogen) atoms. The molecule has 1 aromatic carbocycles. The Kier molecular flexibility index (Phi) is 10.00. The van der Waals surface area contributed by atoms with E-state index in [4.69, 9.17) is 14.2 Å². The molecule has 1 aromatic rings. The summed E-state index contributed by atoms with van der Waals surface area (Å²) in [6.07, 6.45) is 7.11. The van der Waals surface area contributed by atoms with Gasteiger partial charge >= 0.3 is 5.97 Å². The number of fused-ring (bicyclic) bond motifs is 1. The Morgan fingerprint density at radius 2 is 2.03 bits per heavy atom. The van der Waals surface area contributed by atoms with Gasteiger partial charge in [0.15, 0.2) is 0 Å². The fourth-order valence-corrected chi connectivity index (χ4v) is 4.16. The molecule has 0 bridgehead atoms. The van der Waals surface area contributed by atoms with Crippen molar-refractivity contribution in [2.75, 3.05) is 38.2 Å². The number of carbonyl (C=O) groups excluding carboxylic acids is 3. The Labute approximate surface area is 195 Å². The molecule has 1 saturated heterocycles. The van der Waals surface area contributed by atoms with Crippen LogP contribution in [-0.4, -0.2) is 61.7 Å². The quantitative estimate of drug-likeness (QED) is 0.379. The van der Waals surface area contributed by atoms with Crippen LogP contribution in [0, 0.1) is 0 Å². The van der Waals surface area contributed by atoms with Crippen LogP contribution in [0.4, 0.5) is 5.69 Å². The Balaban J connectivity index is 1.39. The largest absolute Gasteiger partial charge is 0.494 e. The van der Waals surface area contributed by atoms with Crippen LogP contribution in [0.15, 0.2) is 18.2 Å². The molecule has 2 aliphatic heterocycles. The van der Waals surface area contributed by atoms with E-state index in [9.17, 15) is 14.4 Å². The van der Waals surface area contributed by atoms with Gasteiger partial charge in [0, 0.05) is 45.1 Å². The van der Waals surface area contributed by atoms with Crippen molar-refractivity contribution in [3.63, 3.8) is 0 Å². The fourth-order valence-electron chi connectivity index (χ4n) is 4.16. The highest BCUT2D eigenvalue weighted by Gasteiger charge is 2.21. The van der Waals surface area contributed by atoms with Gasteiger partial charge < -0.3 is 24.4 Å². The summed E-state index contributed by atoms with van der Waals surface area (Å²) >= 11 is 0. The highest BCUT2D eigenvalue weighted by Crippen LogP contribution is 2.27. The summed E-state index contributed by atoms with van der Waals surface area (Å²) in [6, 6.07) is 5.73. The zero-order valence-electron chi connectivity index (χ0n) is 19.6. The number of anilines is 1. The predicted octanol–water partition coefficient (Wildman–Crippen LogP) is 3.47. The number of nitrogens with zero attached hydrogens (tertiary/aromatic N) is 1. The summed E-state index contributed by atoms with van der Waals surface area (Å²) in [5.74, 6) is 0.651. The number of aryl methyl sites for hydroxylation is 1. The number of benzene rings is 1. The topological polar surface area (TPSA) is 94.2 Å². The molecule has 3 rings (SSSR count). The standard InChI is InChI=1S/C25H36N2O6/c1-19(28)31-16-6-13-27(18-22-7-2-4-15-33-22)25(30)8-3-5-14-32-21-10-11-23-20(17-21)9-12-24(29)26-23/h10-11,17,22H,2-9,12-16,18H2,1H3,(H,26,29). The number of hydrogen-bond acceptors (Lipinski definition) is 6. The highest BCUT2D eigenvalue weighted by molar-refractivity contribution is 5.94. The number of carbonyl (C=O) groups is 3. The average Bonchev–Trinajstić information content (AvgIpc) is 2.81. The summed E-state index contributed by atoms with van der Waals surface area (Å²) in [5.41, 5.74) is 1.96. The first-order valence-corrected chi connectivity index (χ1v) is 12.1. The average molecular weight is 461 g/mol. The van der Waals surface area contributed by atoms with Crippen molar-refractivity contribution in [2.45, 2.75) is 70.8 Å². The van der Waals surface area contributed by atoms with E-state index < -0.39 is 0 Å². The van der Waals surface area contributed by atoms with Gasteiger partial charge in [0.25, 0.3) is 0 Å². The second-order valence-corrected chi connectivity index (χ2v) is 8.69. The first-order valence-electron chi connectivity index (χ1n) is 12.1. The molecule has 1 fully saturated rings. The molecule has 0 aliphatic carbocycles. The molecule has 8 heteroatoms. The molecule has 1 atom stereocenters. The van der Waals surface area contributed by atoms with Crippen molar-refractivity contribution in [3.05, 3.63) is 23.8 Å². The predicted molar refractivity (Wildman–Crippen MR) is 124 cm³/mol. The lowest BCUT2D eigenvalue weighted by Gasteiger charge is -2.30. The van der Waals surface area contributed by atoms with E-state index in [0.29, 0.717) is 45.6 Å². The molecular formula is C25H36N2O6. The van der Waals surface area contributed by atoms with Crippen LogP contribution in [-0.2, 0) is 30.3 Å². The molecular weight excluding hydrogens is 424 g/mol. The summed E-state index contributed by atoms with van der Waals surface area (Å²) in [7, 11) is 0. The van der Waals surface area contributed by atoms with E-state index in [2.05, 4.69) is 5.32 Å². The first kappa shape index (κ1) is 25.0. The Bertz CT molecular complexity index is 806. The third kappa shape index (κ3) is 8.68. The Morgan fingerprint density at radius 3 is 2.82 bits per heavy atom. The summed E-state index contributed by atoms with van der Waals surface area (Å²) < 4.78 is 16.7. The zero-order valence-corrected chi connectivity index (χ0v) is 19.6. The molecule has 182 valence electrons. The lowest BCUT2D eigenvalue weighted by molar-refractivity contribution is -0.141. The lowest BCUT2D eigenvalue weighted by Crippen LogP contribution is -2.40. The molecule has 0 radical (unpaired) electrons. The van der Waals surface area contributed by atoms with Crippen molar-refractivity contribution in [2.24, 2.45) is 0 Å². The maximum absolute atomic E-state index is 12.9. The SMILES string of the molecule is CC(=O)OCCCN(CC1CCCCO1)C(=O)CCCCOc1ccc2c(c1)CCC(=O)N2. The number of unbranched alkanes of at least 4 members (excludes halogenated alkanes) is 1. The molecule has 1 unspecified atom stereocenters. The molecule has 2 amide bonds. The third-order valence-electron chi connectivity index (χ3n) is 5.95. The van der Waals surface area contributed by atoms with E-state index >= 15 is 0 Å². The van der Waals surface area contributed by atoms with Crippen LogP contribution in [0.3, 0.4) is 0 Å². The Hall–Kier alpha value is -2.61. The van der Waals surface area contributed by atoms with Crippen molar-refractivity contribution in [1.29, 1.82) is 0 Å². The van der Waals surface area contributed by atoms with Crippen molar-refractivity contribution >= 4 is 23.5 Å². The lowest BCUT2D eigenvalue weighted by atomic mass is 10.0. The molecule has 2 heterocycles. The van der Waals surface area contributed by atoms with Gasteiger partial charge in [-0.05, 0) is 68.7 Å². The minimum Gasteiger partial charge on any atom is -0.494 e. The third-order valence-corrected chi connectivity index (χ3v) is 5.95. The number of esters is 1. The maximum Gasteiger partial charge on any atom is 0.302 e. The van der Waals surface area contributed by atoms with E-state index in [1.165, 1.54) is 6.92 Å². The van der Waals surface area contributed by atoms with Crippen molar-refractivity contribution < 1.29 is 28.6 Å². The van der Waals surface area contributed by atoms with Crippen molar-refractivity contribution in [3.8, 4) is 5.75 Å². The minimum atomic E-state index is -0.299. The summed E-state index contributed by atoms with van der Waals surface area (Å²) in [6.45, 7) is 4.17. The normalized spacial score (nSPS) is 17.6. The zero-order chi connectivity index (χ0) is 23.5. The van der Waals surface area contributed by atoms with E-state index in [1.807, 2.05) is 23.1 Å². The molecule has 2 aliphatic rings. The van der Waals surface area contributed by atoms with Crippen molar-refractivity contribution in [1.82, 2.24) is 4.90 Å². The van der Waals surface area contributed by atoms with Crippen LogP contribution in [0.5, 0.6) is 5.75 Å². The monoisotopic (exact) mass is 460 g/mol. The molecule has 0 saturated carbocycles. The second-order valence-electron chi connectivity index (χ2n) is 8.69. The van der Waals surface area contributed by atoms with Crippen LogP contribution in [0.25, 0.3) is 0 Å². The first-order chi connectivity index (χ1) is 16.0. The molecule has 0 spiro atoms. The summed E-state index contributed by atoms with van der Waals surface area (Å²) in [5, 5.41) is 2.87. The second kappa shape index (κ2) is 13.2. The van der Waals surface area contributed by atoms with Crippen LogP contribution in [0.2, 0.25) is 0 Å². The van der Waals surface area contributed by atoms with Gasteiger partial charge in [-0.15, -0.1) is 0 Å². The summed E-state index contributed by atoms with van der Waals surface area (Å²) in [4.78, 5) is 37.2. The van der Waals surface area contributed by atoms with Gasteiger partial charge in [-0.2, -0.15) is 0 Å². The number of nitrogens with one attached hydrogen (secondary N) is 1. The fraction of sp³-hybridized carbons (Fsp3) is 0.640. The number of rotatable bonds is 12. The van der Waals surface area contributed by atoms with Gasteiger partial charge in [-0.25, -0.2) is 0 Å². The van der Waals surface area contributed by atoms with Crippen LogP contribution < -0.4 is 10.1 Å². The smallest absolute Gasteiger partial charge is 0.302 e. The van der Waals surface area contributed by atoms with Gasteiger partial charge in [-0.3, -0.25) is 14.4 Å². The number of hydrogen-bond donors (Lipinski definition) is 1. The number of amides is 2. The maximum atomic E-state index is 12.9. The van der Waals surface area contributed by atoms with Gasteiger partial charge in [0.2, 0.25) is 11.8 Å². The molecule has 8 nitrogen and oxygen atoms in total. The number of ether oxygens (including phenoxy) is 3. The van der Waals surface area contributed by atoms with Gasteiger partial charge in [0.1, 0.15) is 5.75 Å². The van der Waals surface area contributed by atoms with Crippen LogP contribution >= 0.6 is 0 Å². The molecule has 1 N–H and O–H groups in total. The van der Waals surface area contributed by atoms with E-state index in [-0.39, 0.29) is 23.9 Å². The minimum absolute atomic E-state index is 0.0521. The van der Waals surface area contributed by atoms with E-state index in [0.717, 1.165) is 62.1 Å². The Morgan fingerprint density at radius 1 is 1.15 bits per heavy atom. The van der Waals surface area contributed by atoms with Gasteiger partial charge in [-0.1, -0.05) is 0 Å². The van der Waals surface area contributed by atoms with Gasteiger partial charge in [0.05, 0.1) is 19.3 Å². The van der Waals surface area contributed by atoms with E-state index in [1.54, 1.807) is 0 Å². The molecule has 0 aromatic heterocycles. The van der Waals surface area contributed by atoms with Crippen LogP contribution in [0.1, 0.15) is 63.9 Å².